The number of anilines is 1. The number of aldehydes is 1. The molecule has 1 heterocycles. The van der Waals surface area contributed by atoms with Gasteiger partial charge in [-0.3, -0.25) is 9.59 Å². The van der Waals surface area contributed by atoms with Crippen LogP contribution in [0, 0.1) is 18.3 Å². The molecule has 2 N–H and O–H groups in total. The summed E-state index contributed by atoms with van der Waals surface area (Å²) in [6, 6.07) is 20.0. The van der Waals surface area contributed by atoms with Gasteiger partial charge in [0.15, 0.2) is 0 Å². The molecular formula is C26H22N4O4S. The first-order chi connectivity index (χ1) is 16.8. The fourth-order valence-corrected chi connectivity index (χ4v) is 5.07. The van der Waals surface area contributed by atoms with E-state index >= 15 is 0 Å². The zero-order chi connectivity index (χ0) is 25.0. The van der Waals surface area contributed by atoms with Gasteiger partial charge in [0.1, 0.15) is 12.4 Å². The van der Waals surface area contributed by atoms with Crippen molar-refractivity contribution in [2.45, 2.75) is 11.8 Å². The molecule has 0 radical (unpaired) electrons. The molecule has 0 saturated carbocycles. The molecule has 1 aromatic heterocycles. The highest BCUT2D eigenvalue weighted by Gasteiger charge is 2.22. The maximum Gasteiger partial charge on any atom is 0.268 e. The molecule has 0 saturated heterocycles. The van der Waals surface area contributed by atoms with Gasteiger partial charge in [0, 0.05) is 35.8 Å². The summed E-state index contributed by atoms with van der Waals surface area (Å²) in [6.07, 6.45) is 1.96. The van der Waals surface area contributed by atoms with Crippen molar-refractivity contribution in [2.75, 3.05) is 18.4 Å². The molecule has 3 aromatic carbocycles. The van der Waals surface area contributed by atoms with Gasteiger partial charge in [-0.1, -0.05) is 29.8 Å². The number of carbonyl (C=O) groups is 2. The third-order valence-electron chi connectivity index (χ3n) is 5.53. The number of para-hydroxylation sites is 1. The van der Waals surface area contributed by atoms with Crippen LogP contribution in [0.5, 0.6) is 0 Å². The highest BCUT2D eigenvalue weighted by Crippen LogP contribution is 2.26. The van der Waals surface area contributed by atoms with Crippen LogP contribution < -0.4 is 10.6 Å². The van der Waals surface area contributed by atoms with Crippen molar-refractivity contribution in [3.63, 3.8) is 0 Å². The van der Waals surface area contributed by atoms with Crippen molar-refractivity contribution in [3.05, 3.63) is 95.2 Å². The summed E-state index contributed by atoms with van der Waals surface area (Å²) in [5, 5.41) is 15.5. The van der Waals surface area contributed by atoms with Crippen LogP contribution >= 0.6 is 0 Å². The summed E-state index contributed by atoms with van der Waals surface area (Å²) >= 11 is 0. The Bertz CT molecular complexity index is 1570. The number of carbonyl (C=O) groups excluding carboxylic acids is 2. The van der Waals surface area contributed by atoms with Gasteiger partial charge >= 0.3 is 0 Å². The lowest BCUT2D eigenvalue weighted by atomic mass is 10.1. The van der Waals surface area contributed by atoms with Gasteiger partial charge in [-0.15, -0.1) is 0 Å². The van der Waals surface area contributed by atoms with Crippen molar-refractivity contribution in [3.8, 4) is 6.07 Å². The van der Waals surface area contributed by atoms with E-state index in [0.717, 1.165) is 9.54 Å². The number of aromatic nitrogens is 1. The minimum Gasteiger partial charge on any atom is -0.382 e. The van der Waals surface area contributed by atoms with Crippen LogP contribution in [0.25, 0.3) is 10.9 Å². The maximum atomic E-state index is 13.2. The van der Waals surface area contributed by atoms with Crippen molar-refractivity contribution >= 4 is 38.8 Å². The van der Waals surface area contributed by atoms with Crippen molar-refractivity contribution in [1.82, 2.24) is 9.29 Å². The zero-order valence-electron chi connectivity index (χ0n) is 18.9. The van der Waals surface area contributed by atoms with E-state index in [2.05, 4.69) is 16.7 Å². The number of nitriles is 1. The summed E-state index contributed by atoms with van der Waals surface area (Å²) in [7, 11) is -3.93. The first-order valence-corrected chi connectivity index (χ1v) is 12.2. The molecule has 0 aliphatic rings. The highest BCUT2D eigenvalue weighted by molar-refractivity contribution is 7.90. The molecule has 0 atom stereocenters. The van der Waals surface area contributed by atoms with Crippen LogP contribution in [0.4, 0.5) is 5.69 Å². The minimum absolute atomic E-state index is 0.104. The standard InChI is InChI=1S/C26H22N4O4S/c1-18-6-8-21(9-7-18)35(33,34)30-13-10-22-23(14-19(17-31)15-25(22)30)26(32)29-12-11-28-24-5-3-2-4-20(24)16-27/h2-10,13-15,17,28H,11-12H2,1H3,(H,29,32). The third-order valence-corrected chi connectivity index (χ3v) is 7.23. The first-order valence-electron chi connectivity index (χ1n) is 10.8. The SMILES string of the molecule is Cc1ccc(S(=O)(=O)n2ccc3c(C(=O)NCCNc4ccccc4C#N)cc(C=O)cc32)cc1. The van der Waals surface area contributed by atoms with Gasteiger partial charge in [-0.2, -0.15) is 5.26 Å². The number of aryl methyl sites for hydroxylation is 1. The van der Waals surface area contributed by atoms with Gasteiger partial charge < -0.3 is 10.6 Å². The average Bonchev–Trinajstić information content (AvgIpc) is 3.31. The van der Waals surface area contributed by atoms with Crippen LogP contribution in [0.2, 0.25) is 0 Å². The Morgan fingerprint density at radius 2 is 1.80 bits per heavy atom. The topological polar surface area (TPSA) is 121 Å². The molecule has 0 spiro atoms. The summed E-state index contributed by atoms with van der Waals surface area (Å²) in [4.78, 5) is 24.6. The molecule has 176 valence electrons. The Morgan fingerprint density at radius 3 is 2.51 bits per heavy atom. The van der Waals surface area contributed by atoms with Crippen LogP contribution in [0.1, 0.15) is 31.8 Å². The lowest BCUT2D eigenvalue weighted by Crippen LogP contribution is -2.29. The number of hydrogen-bond donors (Lipinski definition) is 2. The number of benzene rings is 3. The molecule has 0 aliphatic carbocycles. The predicted molar refractivity (Wildman–Crippen MR) is 133 cm³/mol. The Kier molecular flexibility index (Phi) is 6.66. The first kappa shape index (κ1) is 23.7. The van der Waals surface area contributed by atoms with E-state index < -0.39 is 15.9 Å². The summed E-state index contributed by atoms with van der Waals surface area (Å²) in [5.41, 5.74) is 2.70. The Labute approximate surface area is 202 Å². The monoisotopic (exact) mass is 486 g/mol. The number of nitrogens with zero attached hydrogens (tertiary/aromatic N) is 2. The van der Waals surface area contributed by atoms with Crippen molar-refractivity contribution in [1.29, 1.82) is 5.26 Å². The van der Waals surface area contributed by atoms with Crippen LogP contribution in [0.3, 0.4) is 0 Å². The van der Waals surface area contributed by atoms with Gasteiger partial charge in [-0.25, -0.2) is 12.4 Å². The predicted octanol–water partition coefficient (Wildman–Crippen LogP) is 3.71. The summed E-state index contributed by atoms with van der Waals surface area (Å²) < 4.78 is 27.6. The second-order valence-electron chi connectivity index (χ2n) is 7.89. The molecule has 0 unspecified atom stereocenters. The fraction of sp³-hybridized carbons (Fsp3) is 0.115. The number of nitrogens with one attached hydrogen (secondary N) is 2. The Hall–Kier alpha value is -4.42. The van der Waals surface area contributed by atoms with Crippen LogP contribution in [-0.2, 0) is 10.0 Å². The Morgan fingerprint density at radius 1 is 1.06 bits per heavy atom. The second-order valence-corrected chi connectivity index (χ2v) is 9.70. The number of hydrogen-bond acceptors (Lipinski definition) is 6. The van der Waals surface area contributed by atoms with E-state index in [1.807, 2.05) is 6.92 Å². The number of fused-ring (bicyclic) bond motifs is 1. The average molecular weight is 487 g/mol. The van der Waals surface area contributed by atoms with Crippen LogP contribution in [0.15, 0.2) is 77.8 Å². The maximum absolute atomic E-state index is 13.2. The van der Waals surface area contributed by atoms with E-state index in [4.69, 9.17) is 0 Å². The van der Waals surface area contributed by atoms with Gasteiger partial charge in [-0.05, 0) is 49.4 Å². The van der Waals surface area contributed by atoms with Gasteiger partial charge in [0.05, 0.1) is 21.7 Å². The van der Waals surface area contributed by atoms with E-state index in [0.29, 0.717) is 29.5 Å². The van der Waals surface area contributed by atoms with E-state index in [9.17, 15) is 23.3 Å². The molecule has 0 aliphatic heterocycles. The molecule has 0 bridgehead atoms. The lowest BCUT2D eigenvalue weighted by Gasteiger charge is -2.11. The Balaban J connectivity index is 1.59. The van der Waals surface area contributed by atoms with Crippen LogP contribution in [-0.4, -0.2) is 37.7 Å². The molecular weight excluding hydrogens is 464 g/mol. The molecule has 8 nitrogen and oxygen atoms in total. The normalized spacial score (nSPS) is 11.1. The van der Waals surface area contributed by atoms with Gasteiger partial charge in [0.25, 0.3) is 15.9 Å². The van der Waals surface area contributed by atoms with Crippen molar-refractivity contribution < 1.29 is 18.0 Å². The quantitative estimate of drug-likeness (QED) is 0.289. The number of amides is 1. The molecule has 4 rings (SSSR count). The zero-order valence-corrected chi connectivity index (χ0v) is 19.7. The lowest BCUT2D eigenvalue weighted by molar-refractivity contribution is 0.0957. The second kappa shape index (κ2) is 9.83. The van der Waals surface area contributed by atoms with E-state index in [-0.39, 0.29) is 28.1 Å². The molecule has 4 aromatic rings. The van der Waals surface area contributed by atoms with E-state index in [1.165, 1.54) is 30.5 Å². The van der Waals surface area contributed by atoms with Gasteiger partial charge in [0.2, 0.25) is 0 Å². The third kappa shape index (κ3) is 4.78. The molecule has 9 heteroatoms. The van der Waals surface area contributed by atoms with Crippen molar-refractivity contribution in [2.24, 2.45) is 0 Å². The summed E-state index contributed by atoms with van der Waals surface area (Å²) in [6.45, 7) is 2.47. The minimum atomic E-state index is -3.93. The fourth-order valence-electron chi connectivity index (χ4n) is 3.73. The van der Waals surface area contributed by atoms with E-state index in [1.54, 1.807) is 42.5 Å². The number of rotatable bonds is 8. The molecule has 35 heavy (non-hydrogen) atoms. The molecule has 0 fully saturated rings. The highest BCUT2D eigenvalue weighted by atomic mass is 32.2. The smallest absolute Gasteiger partial charge is 0.268 e. The summed E-state index contributed by atoms with van der Waals surface area (Å²) in [5.74, 6) is -0.445. The molecule has 1 amide bonds. The largest absolute Gasteiger partial charge is 0.382 e.